The fraction of sp³-hybridized carbons (Fsp3) is 0.944. The van der Waals surface area contributed by atoms with Crippen molar-refractivity contribution in [3.05, 3.63) is 0 Å². The molecule has 1 amide bonds. The molecule has 2 fully saturated rings. The van der Waals surface area contributed by atoms with Crippen LogP contribution in [-0.2, 0) is 14.8 Å². The first kappa shape index (κ1) is 21.6. The molecule has 2 heterocycles. The summed E-state index contributed by atoms with van der Waals surface area (Å²) in [7, 11) is 0.794. The highest BCUT2D eigenvalue weighted by Gasteiger charge is 2.38. The Morgan fingerprint density at radius 1 is 1.08 bits per heavy atom. The third-order valence-electron chi connectivity index (χ3n) is 5.40. The Morgan fingerprint density at radius 2 is 1.77 bits per heavy atom. The standard InChI is InChI=1S/C18H36N4O3S/c1-4-5-16-26(24,25)22-9-7-6-8-17(22)18(23)21-14-12-20(13-15-21)11-10-19(2)3/h17H,4-16H2,1-3H3/t17-/m0/s1. The van der Waals surface area contributed by atoms with Gasteiger partial charge in [0, 0.05) is 45.8 Å². The van der Waals surface area contributed by atoms with Gasteiger partial charge in [0.1, 0.15) is 6.04 Å². The van der Waals surface area contributed by atoms with Gasteiger partial charge < -0.3 is 9.80 Å². The molecule has 0 N–H and O–H groups in total. The second kappa shape index (κ2) is 10.0. The van der Waals surface area contributed by atoms with E-state index in [1.165, 1.54) is 4.31 Å². The summed E-state index contributed by atoms with van der Waals surface area (Å²) in [6.45, 7) is 7.65. The number of likely N-dealkylation sites (N-methyl/N-ethyl adjacent to an activating group) is 1. The molecule has 7 nitrogen and oxygen atoms in total. The minimum Gasteiger partial charge on any atom is -0.339 e. The average Bonchev–Trinajstić information content (AvgIpc) is 2.64. The van der Waals surface area contributed by atoms with Gasteiger partial charge in [0.15, 0.2) is 0 Å². The van der Waals surface area contributed by atoms with Crippen LogP contribution in [0.5, 0.6) is 0 Å². The summed E-state index contributed by atoms with van der Waals surface area (Å²) in [5, 5.41) is 0. The van der Waals surface area contributed by atoms with E-state index in [0.29, 0.717) is 32.5 Å². The lowest BCUT2D eigenvalue weighted by Gasteiger charge is -2.40. The highest BCUT2D eigenvalue weighted by atomic mass is 32.2. The van der Waals surface area contributed by atoms with Gasteiger partial charge in [0.25, 0.3) is 0 Å². The van der Waals surface area contributed by atoms with Crippen molar-refractivity contribution in [3.8, 4) is 0 Å². The largest absolute Gasteiger partial charge is 0.339 e. The van der Waals surface area contributed by atoms with Crippen LogP contribution < -0.4 is 0 Å². The van der Waals surface area contributed by atoms with E-state index < -0.39 is 16.1 Å². The molecule has 152 valence electrons. The zero-order chi connectivity index (χ0) is 19.2. The van der Waals surface area contributed by atoms with Crippen LogP contribution in [0.4, 0.5) is 0 Å². The van der Waals surface area contributed by atoms with Crippen LogP contribution in [0.1, 0.15) is 39.0 Å². The lowest BCUT2D eigenvalue weighted by atomic mass is 10.0. The average molecular weight is 389 g/mol. The lowest BCUT2D eigenvalue weighted by molar-refractivity contribution is -0.138. The number of unbranched alkanes of at least 4 members (excludes halogenated alkanes) is 1. The van der Waals surface area contributed by atoms with E-state index >= 15 is 0 Å². The molecule has 0 aromatic heterocycles. The van der Waals surface area contributed by atoms with E-state index in [9.17, 15) is 13.2 Å². The molecule has 0 aromatic carbocycles. The monoisotopic (exact) mass is 388 g/mol. The maximum absolute atomic E-state index is 13.0. The van der Waals surface area contributed by atoms with Crippen LogP contribution in [0, 0.1) is 0 Å². The van der Waals surface area contributed by atoms with Crippen LogP contribution in [-0.4, -0.2) is 105 Å². The second-order valence-electron chi connectivity index (χ2n) is 7.76. The predicted molar refractivity (Wildman–Crippen MR) is 105 cm³/mol. The fourth-order valence-corrected chi connectivity index (χ4v) is 5.55. The first-order valence-electron chi connectivity index (χ1n) is 10.0. The number of carbonyl (C=O) groups excluding carboxylic acids is 1. The number of amides is 1. The quantitative estimate of drug-likeness (QED) is 0.612. The van der Waals surface area contributed by atoms with E-state index in [-0.39, 0.29) is 11.7 Å². The number of piperidine rings is 1. The van der Waals surface area contributed by atoms with Crippen molar-refractivity contribution in [2.45, 2.75) is 45.1 Å². The van der Waals surface area contributed by atoms with Crippen LogP contribution in [0.15, 0.2) is 0 Å². The molecule has 2 saturated heterocycles. The molecule has 0 unspecified atom stereocenters. The Bertz CT molecular complexity index is 545. The van der Waals surface area contributed by atoms with Crippen molar-refractivity contribution in [3.63, 3.8) is 0 Å². The molecule has 0 aliphatic carbocycles. The fourth-order valence-electron chi connectivity index (χ4n) is 3.67. The van der Waals surface area contributed by atoms with E-state index in [1.807, 2.05) is 11.8 Å². The van der Waals surface area contributed by atoms with Crippen molar-refractivity contribution in [1.29, 1.82) is 0 Å². The van der Waals surface area contributed by atoms with Crippen LogP contribution in [0.3, 0.4) is 0 Å². The topological polar surface area (TPSA) is 64.2 Å². The van der Waals surface area contributed by atoms with Gasteiger partial charge in [-0.2, -0.15) is 4.31 Å². The smallest absolute Gasteiger partial charge is 0.241 e. The summed E-state index contributed by atoms with van der Waals surface area (Å²) in [4.78, 5) is 19.5. The molecule has 0 radical (unpaired) electrons. The van der Waals surface area contributed by atoms with Gasteiger partial charge in [0.05, 0.1) is 5.75 Å². The summed E-state index contributed by atoms with van der Waals surface area (Å²) >= 11 is 0. The summed E-state index contributed by atoms with van der Waals surface area (Å²) in [6, 6.07) is -0.487. The molecule has 0 bridgehead atoms. The zero-order valence-corrected chi connectivity index (χ0v) is 17.5. The number of hydrogen-bond donors (Lipinski definition) is 0. The SMILES string of the molecule is CCCCS(=O)(=O)N1CCCC[C@H]1C(=O)N1CCN(CCN(C)C)CC1. The van der Waals surface area contributed by atoms with Crippen molar-refractivity contribution in [1.82, 2.24) is 19.0 Å². The number of carbonyl (C=O) groups is 1. The maximum Gasteiger partial charge on any atom is 0.241 e. The van der Waals surface area contributed by atoms with Gasteiger partial charge in [-0.05, 0) is 33.4 Å². The van der Waals surface area contributed by atoms with Crippen molar-refractivity contribution in [2.24, 2.45) is 0 Å². The molecular formula is C18H36N4O3S. The molecule has 0 aromatic rings. The number of piperazine rings is 1. The molecule has 2 aliphatic heterocycles. The minimum atomic E-state index is -3.34. The van der Waals surface area contributed by atoms with Crippen LogP contribution in [0.2, 0.25) is 0 Å². The van der Waals surface area contributed by atoms with E-state index in [1.54, 1.807) is 0 Å². The summed E-state index contributed by atoms with van der Waals surface area (Å²) in [5.41, 5.74) is 0. The normalized spacial score (nSPS) is 23.5. The number of hydrogen-bond acceptors (Lipinski definition) is 5. The minimum absolute atomic E-state index is 0.0111. The van der Waals surface area contributed by atoms with Gasteiger partial charge in [0.2, 0.25) is 15.9 Å². The van der Waals surface area contributed by atoms with E-state index in [4.69, 9.17) is 0 Å². The summed E-state index contributed by atoms with van der Waals surface area (Å²) in [6.07, 6.45) is 3.95. The summed E-state index contributed by atoms with van der Waals surface area (Å²) < 4.78 is 26.9. The molecule has 0 spiro atoms. The molecule has 0 saturated carbocycles. The van der Waals surface area contributed by atoms with Crippen LogP contribution in [0.25, 0.3) is 0 Å². The summed E-state index contributed by atoms with van der Waals surface area (Å²) in [5.74, 6) is 0.169. The second-order valence-corrected chi connectivity index (χ2v) is 9.80. The Hall–Kier alpha value is -0.700. The first-order chi connectivity index (χ1) is 12.3. The highest BCUT2D eigenvalue weighted by Crippen LogP contribution is 2.23. The third-order valence-corrected chi connectivity index (χ3v) is 7.36. The molecule has 2 aliphatic rings. The van der Waals surface area contributed by atoms with Gasteiger partial charge >= 0.3 is 0 Å². The van der Waals surface area contributed by atoms with Crippen molar-refractivity contribution < 1.29 is 13.2 Å². The van der Waals surface area contributed by atoms with Gasteiger partial charge in [-0.1, -0.05) is 19.8 Å². The van der Waals surface area contributed by atoms with Gasteiger partial charge in [-0.15, -0.1) is 0 Å². The first-order valence-corrected chi connectivity index (χ1v) is 11.6. The van der Waals surface area contributed by atoms with Gasteiger partial charge in [-0.25, -0.2) is 8.42 Å². The Balaban J connectivity index is 1.94. The van der Waals surface area contributed by atoms with Crippen molar-refractivity contribution >= 4 is 15.9 Å². The third kappa shape index (κ3) is 5.90. The predicted octanol–water partition coefficient (Wildman–Crippen LogP) is 0.677. The molecule has 8 heteroatoms. The van der Waals surface area contributed by atoms with E-state index in [2.05, 4.69) is 23.9 Å². The van der Waals surface area contributed by atoms with Crippen LogP contribution >= 0.6 is 0 Å². The molecule has 1 atom stereocenters. The Kier molecular flexibility index (Phi) is 8.32. The maximum atomic E-state index is 13.0. The van der Waals surface area contributed by atoms with Crippen molar-refractivity contribution in [2.75, 3.05) is 65.7 Å². The Labute approximate surface area is 159 Å². The van der Waals surface area contributed by atoms with Gasteiger partial charge in [-0.3, -0.25) is 9.69 Å². The molecule has 26 heavy (non-hydrogen) atoms. The highest BCUT2D eigenvalue weighted by molar-refractivity contribution is 7.89. The number of rotatable bonds is 8. The molecule has 2 rings (SSSR count). The van der Waals surface area contributed by atoms with E-state index in [0.717, 1.165) is 45.4 Å². The Morgan fingerprint density at radius 3 is 2.38 bits per heavy atom. The number of sulfonamides is 1. The lowest BCUT2D eigenvalue weighted by Crippen LogP contribution is -2.57. The number of nitrogens with zero attached hydrogens (tertiary/aromatic N) is 4. The zero-order valence-electron chi connectivity index (χ0n) is 16.7. The molecular weight excluding hydrogens is 352 g/mol.